The third-order valence-electron chi connectivity index (χ3n) is 4.17. The van der Waals surface area contributed by atoms with Crippen LogP contribution in [0.25, 0.3) is 0 Å². The largest absolute Gasteiger partial charge is 0.454 e. The molecule has 4 N–H and O–H groups in total. The smallest absolute Gasteiger partial charge is 0.231 e. The molecule has 1 heterocycles. The molecule has 1 fully saturated rings. The highest BCUT2D eigenvalue weighted by molar-refractivity contribution is 5.45. The molecule has 0 aromatic heterocycles. The van der Waals surface area contributed by atoms with Crippen LogP contribution < -0.4 is 20.9 Å². The third-order valence-corrected chi connectivity index (χ3v) is 4.17. The number of ether oxygens (including phenoxy) is 2. The first-order chi connectivity index (χ1) is 8.25. The third kappa shape index (κ3) is 1.59. The van der Waals surface area contributed by atoms with Crippen LogP contribution in [-0.2, 0) is 0 Å². The van der Waals surface area contributed by atoms with Gasteiger partial charge >= 0.3 is 0 Å². The summed E-state index contributed by atoms with van der Waals surface area (Å²) >= 11 is 0. The first-order valence-electron chi connectivity index (χ1n) is 6.10. The predicted molar refractivity (Wildman–Crippen MR) is 64.8 cm³/mol. The summed E-state index contributed by atoms with van der Waals surface area (Å²) in [7, 11) is 0. The van der Waals surface area contributed by atoms with Crippen LogP contribution in [0.1, 0.15) is 30.9 Å². The zero-order valence-corrected chi connectivity index (χ0v) is 9.82. The molecular weight excluding hydrogens is 216 g/mol. The number of hydrogen-bond acceptors (Lipinski definition) is 4. The molecule has 1 aliphatic heterocycles. The van der Waals surface area contributed by atoms with Crippen LogP contribution in [0.5, 0.6) is 11.5 Å². The van der Waals surface area contributed by atoms with E-state index in [9.17, 15) is 0 Å². The van der Waals surface area contributed by atoms with Gasteiger partial charge in [0.2, 0.25) is 6.79 Å². The minimum Gasteiger partial charge on any atom is -0.454 e. The summed E-state index contributed by atoms with van der Waals surface area (Å²) in [5.74, 6) is 1.60. The summed E-state index contributed by atoms with van der Waals surface area (Å²) in [6.07, 6.45) is 3.48. The van der Waals surface area contributed by atoms with E-state index in [-0.39, 0.29) is 11.5 Å². The topological polar surface area (TPSA) is 70.5 Å². The van der Waals surface area contributed by atoms with Gasteiger partial charge in [0.25, 0.3) is 0 Å². The zero-order valence-electron chi connectivity index (χ0n) is 9.82. The molecule has 0 saturated heterocycles. The van der Waals surface area contributed by atoms with E-state index < -0.39 is 0 Å². The second-order valence-corrected chi connectivity index (χ2v) is 5.01. The Morgan fingerprint density at radius 2 is 2.00 bits per heavy atom. The molecule has 92 valence electrons. The van der Waals surface area contributed by atoms with E-state index >= 15 is 0 Å². The summed E-state index contributed by atoms with van der Waals surface area (Å²) in [5, 5.41) is 0. The van der Waals surface area contributed by atoms with Crippen LogP contribution in [0.4, 0.5) is 0 Å². The number of fused-ring (bicyclic) bond motifs is 1. The molecule has 3 rings (SSSR count). The van der Waals surface area contributed by atoms with Crippen LogP contribution in [0, 0.1) is 5.41 Å². The van der Waals surface area contributed by atoms with Crippen molar-refractivity contribution >= 4 is 0 Å². The first-order valence-corrected chi connectivity index (χ1v) is 6.10. The maximum absolute atomic E-state index is 6.36. The van der Waals surface area contributed by atoms with Crippen molar-refractivity contribution in [3.05, 3.63) is 23.8 Å². The molecule has 1 aromatic rings. The Balaban J connectivity index is 1.88. The van der Waals surface area contributed by atoms with E-state index in [1.165, 1.54) is 6.42 Å². The fourth-order valence-corrected chi connectivity index (χ4v) is 2.73. The molecule has 1 atom stereocenters. The lowest BCUT2D eigenvalue weighted by molar-refractivity contribution is 0.104. The maximum Gasteiger partial charge on any atom is 0.231 e. The Bertz CT molecular complexity index is 424. The Kier molecular flexibility index (Phi) is 2.49. The lowest BCUT2D eigenvalue weighted by atomic mass is 9.63. The van der Waals surface area contributed by atoms with Crippen molar-refractivity contribution in [1.29, 1.82) is 0 Å². The maximum atomic E-state index is 6.36. The van der Waals surface area contributed by atoms with Crippen LogP contribution >= 0.6 is 0 Å². The van der Waals surface area contributed by atoms with Crippen LogP contribution in [0.15, 0.2) is 18.2 Å². The second kappa shape index (κ2) is 3.89. The fourth-order valence-electron chi connectivity index (χ4n) is 2.73. The summed E-state index contributed by atoms with van der Waals surface area (Å²) in [6, 6.07) is 5.94. The van der Waals surface area contributed by atoms with Crippen molar-refractivity contribution in [3.8, 4) is 11.5 Å². The molecule has 17 heavy (non-hydrogen) atoms. The van der Waals surface area contributed by atoms with Gasteiger partial charge in [-0.2, -0.15) is 0 Å². The highest BCUT2D eigenvalue weighted by Crippen LogP contribution is 2.49. The Morgan fingerprint density at radius 3 is 2.65 bits per heavy atom. The molecule has 1 unspecified atom stereocenters. The van der Waals surface area contributed by atoms with Crippen molar-refractivity contribution < 1.29 is 9.47 Å². The van der Waals surface area contributed by atoms with Gasteiger partial charge in [0.1, 0.15) is 0 Å². The summed E-state index contributed by atoms with van der Waals surface area (Å²) < 4.78 is 10.7. The number of hydrogen-bond donors (Lipinski definition) is 2. The number of benzene rings is 1. The fraction of sp³-hybridized carbons (Fsp3) is 0.538. The Morgan fingerprint density at radius 1 is 1.24 bits per heavy atom. The average Bonchev–Trinajstić information content (AvgIpc) is 2.74. The van der Waals surface area contributed by atoms with Crippen molar-refractivity contribution in [2.45, 2.75) is 25.3 Å². The predicted octanol–water partition coefficient (Wildman–Crippen LogP) is 1.54. The Hall–Kier alpha value is -1.26. The van der Waals surface area contributed by atoms with Crippen molar-refractivity contribution in [2.75, 3.05) is 13.3 Å². The van der Waals surface area contributed by atoms with Gasteiger partial charge in [0.05, 0.1) is 0 Å². The van der Waals surface area contributed by atoms with Crippen molar-refractivity contribution in [2.24, 2.45) is 16.9 Å². The number of nitrogens with two attached hydrogens (primary N) is 2. The molecule has 1 aromatic carbocycles. The highest BCUT2D eigenvalue weighted by atomic mass is 16.7. The molecule has 4 nitrogen and oxygen atoms in total. The van der Waals surface area contributed by atoms with E-state index in [0.717, 1.165) is 29.9 Å². The van der Waals surface area contributed by atoms with Gasteiger partial charge in [-0.3, -0.25) is 0 Å². The van der Waals surface area contributed by atoms with Gasteiger partial charge in [0, 0.05) is 11.5 Å². The van der Waals surface area contributed by atoms with Gasteiger partial charge in [-0.25, -0.2) is 0 Å². The number of rotatable bonds is 3. The molecule has 2 aliphatic rings. The summed E-state index contributed by atoms with van der Waals surface area (Å²) in [4.78, 5) is 0. The van der Waals surface area contributed by atoms with Crippen molar-refractivity contribution in [3.63, 3.8) is 0 Å². The standard InChI is InChI=1S/C13H18N2O2/c14-7-13(4-1-5-13)12(15)9-2-3-10-11(6-9)17-8-16-10/h2-3,6,12H,1,4-5,7-8,14-15H2. The van der Waals surface area contributed by atoms with Gasteiger partial charge in [-0.15, -0.1) is 0 Å². The molecule has 4 heteroatoms. The van der Waals surface area contributed by atoms with Gasteiger partial charge in [-0.05, 0) is 37.1 Å². The minimum absolute atomic E-state index is 0.00394. The highest BCUT2D eigenvalue weighted by Gasteiger charge is 2.42. The quantitative estimate of drug-likeness (QED) is 0.832. The van der Waals surface area contributed by atoms with E-state index in [4.69, 9.17) is 20.9 Å². The molecule has 0 bridgehead atoms. The Labute approximate surface area is 101 Å². The molecular formula is C13H18N2O2. The van der Waals surface area contributed by atoms with Gasteiger partial charge < -0.3 is 20.9 Å². The van der Waals surface area contributed by atoms with Crippen molar-refractivity contribution in [1.82, 2.24) is 0 Å². The van der Waals surface area contributed by atoms with E-state index in [2.05, 4.69) is 0 Å². The lowest BCUT2D eigenvalue weighted by Gasteiger charge is -2.45. The normalized spacial score (nSPS) is 22.0. The monoisotopic (exact) mass is 234 g/mol. The summed E-state index contributed by atoms with van der Waals surface area (Å²) in [6.45, 7) is 0.957. The second-order valence-electron chi connectivity index (χ2n) is 5.01. The van der Waals surface area contributed by atoms with Gasteiger partial charge in [0.15, 0.2) is 11.5 Å². The van der Waals surface area contributed by atoms with E-state index in [1.54, 1.807) is 0 Å². The average molecular weight is 234 g/mol. The van der Waals surface area contributed by atoms with Crippen LogP contribution in [0.3, 0.4) is 0 Å². The van der Waals surface area contributed by atoms with E-state index in [0.29, 0.717) is 13.3 Å². The van der Waals surface area contributed by atoms with Gasteiger partial charge in [-0.1, -0.05) is 12.5 Å². The van der Waals surface area contributed by atoms with E-state index in [1.807, 2.05) is 18.2 Å². The minimum atomic E-state index is -0.00394. The van der Waals surface area contributed by atoms with Crippen LogP contribution in [0.2, 0.25) is 0 Å². The SMILES string of the molecule is NCC1(C(N)c2ccc3c(c2)OCO3)CCC1. The molecule has 1 aliphatic carbocycles. The first kappa shape index (κ1) is 10.9. The molecule has 0 spiro atoms. The lowest BCUT2D eigenvalue weighted by Crippen LogP contribution is -2.46. The summed E-state index contributed by atoms with van der Waals surface area (Å²) in [5.41, 5.74) is 13.4. The zero-order chi connectivity index (χ0) is 11.9. The van der Waals surface area contributed by atoms with Crippen LogP contribution in [-0.4, -0.2) is 13.3 Å². The molecule has 0 amide bonds. The molecule has 0 radical (unpaired) electrons. The molecule has 1 saturated carbocycles.